The molecule has 110 valence electrons. The first-order valence-electron chi connectivity index (χ1n) is 6.88. The molecule has 0 radical (unpaired) electrons. The maximum absolute atomic E-state index is 11.1. The third kappa shape index (κ3) is 18.4. The van der Waals surface area contributed by atoms with E-state index >= 15 is 0 Å². The summed E-state index contributed by atoms with van der Waals surface area (Å²) < 4.78 is 25.6. The Balaban J connectivity index is 0. The van der Waals surface area contributed by atoms with Crippen LogP contribution in [0.1, 0.15) is 71.1 Å². The first-order chi connectivity index (χ1) is 8.45. The fourth-order valence-corrected chi connectivity index (χ4v) is 2.21. The molecule has 0 saturated carbocycles. The molecule has 6 heteroatoms. The third-order valence-corrected chi connectivity index (χ3v) is 3.22. The minimum absolute atomic E-state index is 0. The van der Waals surface area contributed by atoms with Gasteiger partial charge in [-0.25, -0.2) is 0 Å². The molecule has 0 aromatic heterocycles. The van der Waals surface area contributed by atoms with Crippen molar-refractivity contribution in [2.45, 2.75) is 71.1 Å². The van der Waals surface area contributed by atoms with E-state index in [4.69, 9.17) is 0 Å². The molecular weight excluding hydrogens is 275 g/mol. The Morgan fingerprint density at radius 3 is 1.74 bits per heavy atom. The molecule has 0 aromatic rings. The van der Waals surface area contributed by atoms with Crippen molar-refractivity contribution >= 4 is 45.6 Å². The summed E-state index contributed by atoms with van der Waals surface area (Å²) in [7, 11) is -3.63. The molecule has 0 unspecified atom stereocenters. The van der Waals surface area contributed by atoms with Crippen LogP contribution >= 0.6 is 0 Å². The van der Waals surface area contributed by atoms with E-state index in [-0.39, 0.29) is 36.0 Å². The van der Waals surface area contributed by atoms with Crippen LogP contribution in [0.3, 0.4) is 0 Å². The van der Waals surface area contributed by atoms with Gasteiger partial charge in [0.15, 0.2) is 0 Å². The summed E-state index contributed by atoms with van der Waals surface area (Å²) in [6, 6.07) is 0. The Labute approximate surface area is 140 Å². The number of rotatable bonds is 11. The third-order valence-electron chi connectivity index (χ3n) is 2.73. The van der Waals surface area contributed by atoms with E-state index in [1.54, 1.807) is 0 Å². The second-order valence-electron chi connectivity index (χ2n) is 4.74. The molecule has 0 aliphatic rings. The van der Waals surface area contributed by atoms with E-state index in [0.717, 1.165) is 19.1 Å². The van der Waals surface area contributed by atoms with E-state index in [0.29, 0.717) is 6.42 Å². The summed E-state index contributed by atoms with van der Waals surface area (Å²) in [5.74, 6) is -0.638. The van der Waals surface area contributed by atoms with Crippen LogP contribution in [0.5, 0.6) is 0 Å². The molecule has 0 atom stereocenters. The summed E-state index contributed by atoms with van der Waals surface area (Å²) in [4.78, 5) is 11.1. The summed E-state index contributed by atoms with van der Waals surface area (Å²) >= 11 is 0. The van der Waals surface area contributed by atoms with Crippen LogP contribution in [-0.2, 0) is 19.1 Å². The Morgan fingerprint density at radius 1 is 0.895 bits per heavy atom. The average molecular weight is 302 g/mol. The van der Waals surface area contributed by atoms with Gasteiger partial charge in [-0.3, -0.25) is 4.79 Å². The van der Waals surface area contributed by atoms with Crippen LogP contribution in [0.2, 0.25) is 0 Å². The summed E-state index contributed by atoms with van der Waals surface area (Å²) in [6.07, 6.45) is 11.5. The molecule has 0 aliphatic heterocycles. The maximum atomic E-state index is 11.1. The molecule has 0 aromatic carbocycles. The monoisotopic (exact) mass is 302 g/mol. The number of carbonyl (C=O) groups excluding carboxylic acids is 1. The fourth-order valence-electron chi connectivity index (χ4n) is 1.79. The van der Waals surface area contributed by atoms with E-state index in [1.807, 2.05) is 0 Å². The normalized spacial score (nSPS) is 10.8. The van der Waals surface area contributed by atoms with Crippen molar-refractivity contribution in [2.75, 3.05) is 6.26 Å². The van der Waals surface area contributed by atoms with Crippen LogP contribution in [0.4, 0.5) is 0 Å². The van der Waals surface area contributed by atoms with Gasteiger partial charge in [0.1, 0.15) is 0 Å². The molecule has 4 nitrogen and oxygen atoms in total. The number of hydrogen-bond donors (Lipinski definition) is 0. The van der Waals surface area contributed by atoms with Gasteiger partial charge in [-0.05, 0) is 6.42 Å². The van der Waals surface area contributed by atoms with Gasteiger partial charge in [0.2, 0.25) is 0 Å². The Kier molecular flexibility index (Phi) is 15.3. The molecule has 0 rings (SSSR count). The summed E-state index contributed by atoms with van der Waals surface area (Å²) in [5.41, 5.74) is 0. The SMILES string of the molecule is CCCCCCCCCCCC(=O)OS(C)(=O)=O.[NaH]. The van der Waals surface area contributed by atoms with E-state index in [9.17, 15) is 13.2 Å². The van der Waals surface area contributed by atoms with Gasteiger partial charge < -0.3 is 4.18 Å². The van der Waals surface area contributed by atoms with Crippen LogP contribution in [0.25, 0.3) is 0 Å². The predicted octanol–water partition coefficient (Wildman–Crippen LogP) is 2.76. The van der Waals surface area contributed by atoms with Gasteiger partial charge in [-0.2, -0.15) is 8.42 Å². The van der Waals surface area contributed by atoms with Gasteiger partial charge in [0.05, 0.1) is 6.26 Å². The summed E-state index contributed by atoms with van der Waals surface area (Å²) in [6.45, 7) is 2.20. The quantitative estimate of drug-likeness (QED) is 0.334. The molecule has 19 heavy (non-hydrogen) atoms. The molecule has 0 N–H and O–H groups in total. The number of unbranched alkanes of at least 4 members (excludes halogenated alkanes) is 8. The zero-order valence-electron chi connectivity index (χ0n) is 11.6. The molecule has 0 heterocycles. The van der Waals surface area contributed by atoms with Crippen LogP contribution in [-0.4, -0.2) is 50.2 Å². The van der Waals surface area contributed by atoms with Crippen molar-refractivity contribution in [3.05, 3.63) is 0 Å². The second kappa shape index (κ2) is 13.4. The zero-order valence-corrected chi connectivity index (χ0v) is 12.4. The first kappa shape index (κ1) is 21.7. The molecule has 0 fully saturated rings. The van der Waals surface area contributed by atoms with Gasteiger partial charge in [0, 0.05) is 6.42 Å². The van der Waals surface area contributed by atoms with Crippen molar-refractivity contribution in [1.29, 1.82) is 0 Å². The summed E-state index contributed by atoms with van der Waals surface area (Å²) in [5, 5.41) is 0. The van der Waals surface area contributed by atoms with Crippen LogP contribution in [0, 0.1) is 0 Å². The van der Waals surface area contributed by atoms with Crippen molar-refractivity contribution in [1.82, 2.24) is 0 Å². The van der Waals surface area contributed by atoms with Crippen LogP contribution in [0.15, 0.2) is 0 Å². The van der Waals surface area contributed by atoms with Crippen LogP contribution < -0.4 is 0 Å². The van der Waals surface area contributed by atoms with Crippen molar-refractivity contribution in [3.8, 4) is 0 Å². The molecule has 0 amide bonds. The fraction of sp³-hybridized carbons (Fsp3) is 0.923. The van der Waals surface area contributed by atoms with Gasteiger partial charge in [-0.1, -0.05) is 58.3 Å². The Hall–Kier alpha value is 0.420. The van der Waals surface area contributed by atoms with Gasteiger partial charge in [0.25, 0.3) is 0 Å². The molecule has 0 spiro atoms. The molecular formula is C13H27NaO4S. The Morgan fingerprint density at radius 2 is 1.32 bits per heavy atom. The predicted molar refractivity (Wildman–Crippen MR) is 79.9 cm³/mol. The first-order valence-corrected chi connectivity index (χ1v) is 8.69. The van der Waals surface area contributed by atoms with E-state index in [1.165, 1.54) is 38.5 Å². The van der Waals surface area contributed by atoms with Gasteiger partial charge >= 0.3 is 45.6 Å². The Bertz CT molecular complexity index is 315. The second-order valence-corrected chi connectivity index (χ2v) is 6.31. The van der Waals surface area contributed by atoms with Crippen molar-refractivity contribution in [2.24, 2.45) is 0 Å². The number of hydrogen-bond acceptors (Lipinski definition) is 4. The van der Waals surface area contributed by atoms with Gasteiger partial charge in [-0.15, -0.1) is 0 Å². The average Bonchev–Trinajstić information content (AvgIpc) is 2.24. The topological polar surface area (TPSA) is 60.4 Å². The molecule has 0 bridgehead atoms. The zero-order chi connectivity index (χ0) is 13.9. The standard InChI is InChI=1S/C13H26O4S.Na.H/c1-3-4-5-6-7-8-9-10-11-12-13(14)17-18(2,15)16;;/h3-12H2,1-2H3;;. The van der Waals surface area contributed by atoms with Crippen molar-refractivity contribution in [3.63, 3.8) is 0 Å². The molecule has 0 aliphatic carbocycles. The van der Waals surface area contributed by atoms with E-state index < -0.39 is 16.1 Å². The molecule has 0 saturated heterocycles. The number of carbonyl (C=O) groups is 1. The van der Waals surface area contributed by atoms with E-state index in [2.05, 4.69) is 11.1 Å². The van der Waals surface area contributed by atoms with Crippen molar-refractivity contribution < 1.29 is 17.4 Å². The minimum atomic E-state index is -3.63.